The summed E-state index contributed by atoms with van der Waals surface area (Å²) < 4.78 is 46.5. The average molecular weight is 408 g/mol. The number of benzene rings is 2. The molecular weight excluding hydrogens is 381 g/mol. The Morgan fingerprint density at radius 1 is 1.07 bits per heavy atom. The fraction of sp³-hybridized carbons (Fsp3) is 0.400. The molecule has 0 aliphatic carbocycles. The Morgan fingerprint density at radius 3 is 2.25 bits per heavy atom. The molecular formula is C20H26FN3O3S. The lowest BCUT2D eigenvalue weighted by atomic mass is 10.0. The Kier molecular flexibility index (Phi) is 6.66. The van der Waals surface area contributed by atoms with E-state index in [-0.39, 0.29) is 17.5 Å². The van der Waals surface area contributed by atoms with Gasteiger partial charge in [0.15, 0.2) is 0 Å². The van der Waals surface area contributed by atoms with Crippen LogP contribution in [0.3, 0.4) is 0 Å². The molecule has 0 saturated carbocycles. The molecule has 0 aromatic heterocycles. The standard InChI is InChI=1S/C20H26FN3O3S/c1-23(2)18-7-3-16(4-8-18)20(24-11-13-27-14-12-24)15-22-28(25,26)19-9-5-17(21)6-10-19/h3-10,20,22H,11-15H2,1-2H3. The van der Waals surface area contributed by atoms with E-state index in [1.807, 2.05) is 43.3 Å². The molecule has 0 spiro atoms. The van der Waals surface area contributed by atoms with Crippen molar-refractivity contribution in [2.75, 3.05) is 51.8 Å². The van der Waals surface area contributed by atoms with Crippen LogP contribution in [0.5, 0.6) is 0 Å². The summed E-state index contributed by atoms with van der Waals surface area (Å²) in [6.45, 7) is 2.94. The van der Waals surface area contributed by atoms with Crippen molar-refractivity contribution >= 4 is 15.7 Å². The van der Waals surface area contributed by atoms with Gasteiger partial charge in [-0.3, -0.25) is 4.90 Å². The molecule has 3 rings (SSSR count). The SMILES string of the molecule is CN(C)c1ccc(C(CNS(=O)(=O)c2ccc(F)cc2)N2CCOCC2)cc1. The molecule has 1 atom stereocenters. The van der Waals surface area contributed by atoms with Crippen LogP contribution in [0.25, 0.3) is 0 Å². The predicted molar refractivity (Wildman–Crippen MR) is 107 cm³/mol. The number of rotatable bonds is 7. The van der Waals surface area contributed by atoms with E-state index in [1.165, 1.54) is 12.1 Å². The second-order valence-corrected chi connectivity index (χ2v) is 8.72. The van der Waals surface area contributed by atoms with Crippen molar-refractivity contribution in [1.29, 1.82) is 0 Å². The van der Waals surface area contributed by atoms with E-state index in [1.54, 1.807) is 0 Å². The molecule has 0 bridgehead atoms. The molecule has 1 aliphatic rings. The van der Waals surface area contributed by atoms with E-state index in [0.29, 0.717) is 13.2 Å². The number of hydrogen-bond donors (Lipinski definition) is 1. The van der Waals surface area contributed by atoms with Crippen molar-refractivity contribution in [2.24, 2.45) is 0 Å². The molecule has 1 unspecified atom stereocenters. The molecule has 1 fully saturated rings. The van der Waals surface area contributed by atoms with E-state index in [9.17, 15) is 12.8 Å². The quantitative estimate of drug-likeness (QED) is 0.763. The summed E-state index contributed by atoms with van der Waals surface area (Å²) >= 11 is 0. The summed E-state index contributed by atoms with van der Waals surface area (Å²) in [7, 11) is 0.232. The molecule has 0 amide bonds. The average Bonchev–Trinajstić information content (AvgIpc) is 2.69. The molecule has 1 N–H and O–H groups in total. The van der Waals surface area contributed by atoms with Gasteiger partial charge in [0.25, 0.3) is 0 Å². The van der Waals surface area contributed by atoms with Gasteiger partial charge in [0.05, 0.1) is 18.1 Å². The third-order valence-electron chi connectivity index (χ3n) is 4.87. The number of ether oxygens (including phenoxy) is 1. The minimum absolute atomic E-state index is 0.0533. The van der Waals surface area contributed by atoms with Gasteiger partial charge in [0, 0.05) is 45.5 Å². The van der Waals surface area contributed by atoms with Crippen molar-refractivity contribution in [3.8, 4) is 0 Å². The first-order valence-electron chi connectivity index (χ1n) is 9.21. The Morgan fingerprint density at radius 2 is 1.68 bits per heavy atom. The summed E-state index contributed by atoms with van der Waals surface area (Å²) in [6.07, 6.45) is 0. The molecule has 2 aromatic rings. The second kappa shape index (κ2) is 9.00. The first-order chi connectivity index (χ1) is 13.4. The van der Waals surface area contributed by atoms with E-state index < -0.39 is 15.8 Å². The normalized spacial score (nSPS) is 16.7. The van der Waals surface area contributed by atoms with Crippen LogP contribution < -0.4 is 9.62 Å². The monoisotopic (exact) mass is 407 g/mol. The highest BCUT2D eigenvalue weighted by Crippen LogP contribution is 2.24. The van der Waals surface area contributed by atoms with E-state index in [0.717, 1.165) is 36.5 Å². The zero-order chi connectivity index (χ0) is 20.1. The smallest absolute Gasteiger partial charge is 0.240 e. The maximum Gasteiger partial charge on any atom is 0.240 e. The molecule has 152 valence electrons. The van der Waals surface area contributed by atoms with E-state index >= 15 is 0 Å². The molecule has 1 heterocycles. The topological polar surface area (TPSA) is 61.9 Å². The molecule has 6 nitrogen and oxygen atoms in total. The number of anilines is 1. The van der Waals surface area contributed by atoms with Crippen LogP contribution in [0.2, 0.25) is 0 Å². The van der Waals surface area contributed by atoms with Crippen molar-refractivity contribution in [2.45, 2.75) is 10.9 Å². The number of morpholine rings is 1. The summed E-state index contributed by atoms with van der Waals surface area (Å²) in [5, 5.41) is 0. The van der Waals surface area contributed by atoms with Crippen LogP contribution in [0, 0.1) is 5.82 Å². The van der Waals surface area contributed by atoms with Crippen LogP contribution in [-0.2, 0) is 14.8 Å². The van der Waals surface area contributed by atoms with Gasteiger partial charge in [-0.15, -0.1) is 0 Å². The molecule has 1 saturated heterocycles. The summed E-state index contributed by atoms with van der Waals surface area (Å²) in [6, 6.07) is 12.8. The number of nitrogens with zero attached hydrogens (tertiary/aromatic N) is 2. The number of halogens is 1. The van der Waals surface area contributed by atoms with Gasteiger partial charge in [-0.05, 0) is 42.0 Å². The first kappa shape index (κ1) is 20.7. The minimum atomic E-state index is -3.72. The number of sulfonamides is 1. The number of hydrogen-bond acceptors (Lipinski definition) is 5. The highest BCUT2D eigenvalue weighted by Gasteiger charge is 2.25. The fourth-order valence-electron chi connectivity index (χ4n) is 3.23. The van der Waals surface area contributed by atoms with Crippen molar-refractivity contribution in [3.63, 3.8) is 0 Å². The van der Waals surface area contributed by atoms with Crippen LogP contribution >= 0.6 is 0 Å². The van der Waals surface area contributed by atoms with Crippen molar-refractivity contribution in [1.82, 2.24) is 9.62 Å². The Hall–Kier alpha value is -2.00. The fourth-order valence-corrected chi connectivity index (χ4v) is 4.27. The maximum absolute atomic E-state index is 13.1. The highest BCUT2D eigenvalue weighted by atomic mass is 32.2. The lowest BCUT2D eigenvalue weighted by molar-refractivity contribution is 0.0172. The van der Waals surface area contributed by atoms with Gasteiger partial charge < -0.3 is 9.64 Å². The Labute approximate surface area is 166 Å². The molecule has 2 aromatic carbocycles. The van der Waals surface area contributed by atoms with Crippen LogP contribution in [-0.4, -0.2) is 60.3 Å². The summed E-state index contributed by atoms with van der Waals surface area (Å²) in [5.41, 5.74) is 2.12. The van der Waals surface area contributed by atoms with E-state index in [2.05, 4.69) is 9.62 Å². The summed E-state index contributed by atoms with van der Waals surface area (Å²) in [4.78, 5) is 4.30. The third-order valence-corrected chi connectivity index (χ3v) is 6.31. The summed E-state index contributed by atoms with van der Waals surface area (Å²) in [5.74, 6) is -0.467. The zero-order valence-electron chi connectivity index (χ0n) is 16.1. The molecule has 1 aliphatic heterocycles. The largest absolute Gasteiger partial charge is 0.379 e. The molecule has 8 heteroatoms. The predicted octanol–water partition coefficient (Wildman–Crippen LogP) is 2.24. The van der Waals surface area contributed by atoms with Gasteiger partial charge in [0.2, 0.25) is 10.0 Å². The van der Waals surface area contributed by atoms with Crippen molar-refractivity contribution < 1.29 is 17.5 Å². The lowest BCUT2D eigenvalue weighted by Gasteiger charge is -2.35. The Balaban J connectivity index is 1.79. The first-order valence-corrected chi connectivity index (χ1v) is 10.7. The van der Waals surface area contributed by atoms with Crippen LogP contribution in [0.15, 0.2) is 53.4 Å². The van der Waals surface area contributed by atoms with Gasteiger partial charge in [0.1, 0.15) is 5.82 Å². The van der Waals surface area contributed by atoms with E-state index in [4.69, 9.17) is 4.74 Å². The van der Waals surface area contributed by atoms with Gasteiger partial charge >= 0.3 is 0 Å². The minimum Gasteiger partial charge on any atom is -0.379 e. The van der Waals surface area contributed by atoms with Gasteiger partial charge in [-0.1, -0.05) is 12.1 Å². The van der Waals surface area contributed by atoms with Gasteiger partial charge in [-0.25, -0.2) is 17.5 Å². The van der Waals surface area contributed by atoms with Crippen LogP contribution in [0.1, 0.15) is 11.6 Å². The van der Waals surface area contributed by atoms with Crippen molar-refractivity contribution in [3.05, 3.63) is 59.9 Å². The molecule has 28 heavy (non-hydrogen) atoms. The number of nitrogens with one attached hydrogen (secondary N) is 1. The Bertz CT molecular complexity index is 865. The second-order valence-electron chi connectivity index (χ2n) is 6.96. The maximum atomic E-state index is 13.1. The highest BCUT2D eigenvalue weighted by molar-refractivity contribution is 7.89. The molecule has 0 radical (unpaired) electrons. The van der Waals surface area contributed by atoms with Crippen LogP contribution in [0.4, 0.5) is 10.1 Å². The lowest BCUT2D eigenvalue weighted by Crippen LogP contribution is -2.43. The zero-order valence-corrected chi connectivity index (χ0v) is 17.0. The third kappa shape index (κ3) is 5.08. The van der Waals surface area contributed by atoms with Gasteiger partial charge in [-0.2, -0.15) is 0 Å².